The molecule has 2 amide bonds. The molecule has 0 saturated heterocycles. The van der Waals surface area contributed by atoms with Crippen LogP contribution in [0.3, 0.4) is 0 Å². The minimum Gasteiger partial charge on any atom is -0.352 e. The second-order valence-electron chi connectivity index (χ2n) is 5.35. The quantitative estimate of drug-likeness (QED) is 0.778. The Kier molecular flexibility index (Phi) is 6.16. The van der Waals surface area contributed by atoms with Crippen LogP contribution in [0.4, 0.5) is 18.9 Å². The van der Waals surface area contributed by atoms with Crippen LogP contribution in [0.25, 0.3) is 0 Å². The number of hydrogen-bond donors (Lipinski definition) is 2. The topological polar surface area (TPSA) is 58.2 Å². The van der Waals surface area contributed by atoms with E-state index in [9.17, 15) is 22.8 Å². The average molecular weight is 350 g/mol. The Balaban J connectivity index is 1.71. The number of carbonyl (C=O) groups is 2. The van der Waals surface area contributed by atoms with Gasteiger partial charge >= 0.3 is 6.18 Å². The van der Waals surface area contributed by atoms with Gasteiger partial charge in [0, 0.05) is 24.2 Å². The molecule has 2 aromatic carbocycles. The zero-order chi connectivity index (χ0) is 18.3. The SMILES string of the molecule is O=C(CCCNC(=O)c1ccccc1)Nc1ccc(C(F)(F)F)cc1. The molecular weight excluding hydrogens is 333 g/mol. The van der Waals surface area contributed by atoms with E-state index in [0.717, 1.165) is 12.1 Å². The minimum atomic E-state index is -4.40. The molecule has 0 heterocycles. The zero-order valence-electron chi connectivity index (χ0n) is 13.3. The summed E-state index contributed by atoms with van der Waals surface area (Å²) in [4.78, 5) is 23.6. The molecule has 2 aromatic rings. The number of benzene rings is 2. The van der Waals surface area contributed by atoms with E-state index in [1.54, 1.807) is 24.3 Å². The summed E-state index contributed by atoms with van der Waals surface area (Å²) >= 11 is 0. The maximum atomic E-state index is 12.5. The molecule has 0 aliphatic carbocycles. The van der Waals surface area contributed by atoms with Crippen molar-refractivity contribution in [3.8, 4) is 0 Å². The van der Waals surface area contributed by atoms with Crippen LogP contribution in [0, 0.1) is 0 Å². The van der Waals surface area contributed by atoms with E-state index >= 15 is 0 Å². The van der Waals surface area contributed by atoms with Crippen molar-refractivity contribution < 1.29 is 22.8 Å². The third-order valence-corrected chi connectivity index (χ3v) is 3.40. The van der Waals surface area contributed by atoms with Crippen molar-refractivity contribution in [3.05, 3.63) is 65.7 Å². The lowest BCUT2D eigenvalue weighted by Crippen LogP contribution is -2.25. The number of nitrogens with one attached hydrogen (secondary N) is 2. The summed E-state index contributed by atoms with van der Waals surface area (Å²) in [5, 5.41) is 5.22. The lowest BCUT2D eigenvalue weighted by molar-refractivity contribution is -0.137. The maximum Gasteiger partial charge on any atom is 0.416 e. The van der Waals surface area contributed by atoms with E-state index in [1.165, 1.54) is 12.1 Å². The van der Waals surface area contributed by atoms with Gasteiger partial charge in [-0.25, -0.2) is 0 Å². The van der Waals surface area contributed by atoms with Gasteiger partial charge in [0.2, 0.25) is 5.91 Å². The standard InChI is InChI=1S/C18H17F3N2O2/c19-18(20,21)14-8-10-15(11-9-14)23-16(24)7-4-12-22-17(25)13-5-2-1-3-6-13/h1-3,5-6,8-11H,4,7,12H2,(H,22,25)(H,23,24). The molecule has 0 fully saturated rings. The number of carbonyl (C=O) groups excluding carboxylic acids is 2. The van der Waals surface area contributed by atoms with Gasteiger partial charge in [-0.15, -0.1) is 0 Å². The normalized spacial score (nSPS) is 11.0. The molecule has 4 nitrogen and oxygen atoms in total. The van der Waals surface area contributed by atoms with Crippen LogP contribution in [0.5, 0.6) is 0 Å². The molecule has 7 heteroatoms. The van der Waals surface area contributed by atoms with Gasteiger partial charge in [-0.3, -0.25) is 9.59 Å². The van der Waals surface area contributed by atoms with E-state index in [4.69, 9.17) is 0 Å². The van der Waals surface area contributed by atoms with Crippen LogP contribution in [0.15, 0.2) is 54.6 Å². The molecule has 25 heavy (non-hydrogen) atoms. The van der Waals surface area contributed by atoms with Gasteiger partial charge in [0.1, 0.15) is 0 Å². The number of rotatable bonds is 6. The number of alkyl halides is 3. The largest absolute Gasteiger partial charge is 0.416 e. The molecule has 0 unspecified atom stereocenters. The average Bonchev–Trinajstić information content (AvgIpc) is 2.59. The second kappa shape index (κ2) is 8.32. The molecule has 0 atom stereocenters. The van der Waals surface area contributed by atoms with E-state index in [2.05, 4.69) is 10.6 Å². The summed E-state index contributed by atoms with van der Waals surface area (Å²) in [6.45, 7) is 0.328. The molecule has 2 rings (SSSR count). The Labute approximate surface area is 143 Å². The highest BCUT2D eigenvalue weighted by Gasteiger charge is 2.29. The summed E-state index contributed by atoms with van der Waals surface area (Å²) in [6, 6.07) is 12.9. The Morgan fingerprint density at radius 3 is 2.16 bits per heavy atom. The van der Waals surface area contributed by atoms with Gasteiger partial charge in [-0.1, -0.05) is 18.2 Å². The lowest BCUT2D eigenvalue weighted by Gasteiger charge is -2.09. The van der Waals surface area contributed by atoms with E-state index in [1.807, 2.05) is 6.07 Å². The van der Waals surface area contributed by atoms with Crippen molar-refractivity contribution in [2.75, 3.05) is 11.9 Å². The smallest absolute Gasteiger partial charge is 0.352 e. The summed E-state index contributed by atoms with van der Waals surface area (Å²) < 4.78 is 37.4. The minimum absolute atomic E-state index is 0.149. The van der Waals surface area contributed by atoms with Crippen molar-refractivity contribution >= 4 is 17.5 Å². The Hall–Kier alpha value is -2.83. The lowest BCUT2D eigenvalue weighted by atomic mass is 10.2. The summed E-state index contributed by atoms with van der Waals surface area (Å²) in [7, 11) is 0. The fraction of sp³-hybridized carbons (Fsp3) is 0.222. The molecule has 0 saturated carbocycles. The van der Waals surface area contributed by atoms with Gasteiger partial charge < -0.3 is 10.6 Å². The van der Waals surface area contributed by atoms with Crippen LogP contribution in [-0.2, 0) is 11.0 Å². The molecule has 0 radical (unpaired) electrons. The van der Waals surface area contributed by atoms with Gasteiger partial charge in [0.05, 0.1) is 5.56 Å². The number of anilines is 1. The Morgan fingerprint density at radius 2 is 1.56 bits per heavy atom. The van der Waals surface area contributed by atoms with Crippen LogP contribution < -0.4 is 10.6 Å². The molecule has 0 bridgehead atoms. The fourth-order valence-electron chi connectivity index (χ4n) is 2.11. The summed E-state index contributed by atoms with van der Waals surface area (Å²) in [5.74, 6) is -0.544. The first-order valence-corrected chi connectivity index (χ1v) is 7.66. The Morgan fingerprint density at radius 1 is 0.920 bits per heavy atom. The monoisotopic (exact) mass is 350 g/mol. The van der Waals surface area contributed by atoms with Gasteiger partial charge in [-0.2, -0.15) is 13.2 Å². The van der Waals surface area contributed by atoms with Crippen molar-refractivity contribution in [3.63, 3.8) is 0 Å². The van der Waals surface area contributed by atoms with Crippen LogP contribution >= 0.6 is 0 Å². The third-order valence-electron chi connectivity index (χ3n) is 3.40. The van der Waals surface area contributed by atoms with Crippen molar-refractivity contribution in [1.29, 1.82) is 0 Å². The number of hydrogen-bond acceptors (Lipinski definition) is 2. The highest BCUT2D eigenvalue weighted by Crippen LogP contribution is 2.29. The highest BCUT2D eigenvalue weighted by molar-refractivity contribution is 5.94. The molecule has 0 spiro atoms. The van der Waals surface area contributed by atoms with Gasteiger partial charge in [0.25, 0.3) is 5.91 Å². The van der Waals surface area contributed by atoms with Gasteiger partial charge in [-0.05, 0) is 42.8 Å². The molecular formula is C18H17F3N2O2. The maximum absolute atomic E-state index is 12.5. The zero-order valence-corrected chi connectivity index (χ0v) is 13.3. The predicted molar refractivity (Wildman–Crippen MR) is 88.1 cm³/mol. The highest BCUT2D eigenvalue weighted by atomic mass is 19.4. The third kappa shape index (κ3) is 5.95. The molecule has 0 aliphatic heterocycles. The predicted octanol–water partition coefficient (Wildman–Crippen LogP) is 3.85. The fourth-order valence-corrected chi connectivity index (χ4v) is 2.11. The molecule has 2 N–H and O–H groups in total. The van der Waals surface area contributed by atoms with E-state index < -0.39 is 11.7 Å². The number of halogens is 3. The first-order chi connectivity index (χ1) is 11.9. The van der Waals surface area contributed by atoms with Crippen LogP contribution in [0.1, 0.15) is 28.8 Å². The summed E-state index contributed by atoms with van der Waals surface area (Å²) in [6.07, 6.45) is -3.83. The van der Waals surface area contributed by atoms with Crippen molar-refractivity contribution in [2.45, 2.75) is 19.0 Å². The van der Waals surface area contributed by atoms with Crippen molar-refractivity contribution in [1.82, 2.24) is 5.32 Å². The van der Waals surface area contributed by atoms with Crippen LogP contribution in [0.2, 0.25) is 0 Å². The first-order valence-electron chi connectivity index (χ1n) is 7.66. The first kappa shape index (κ1) is 18.5. The van der Waals surface area contributed by atoms with E-state index in [0.29, 0.717) is 24.2 Å². The van der Waals surface area contributed by atoms with E-state index in [-0.39, 0.29) is 18.2 Å². The van der Waals surface area contributed by atoms with Crippen LogP contribution in [-0.4, -0.2) is 18.4 Å². The molecule has 0 aliphatic rings. The Bertz CT molecular complexity index is 713. The second-order valence-corrected chi connectivity index (χ2v) is 5.35. The van der Waals surface area contributed by atoms with Crippen molar-refractivity contribution in [2.24, 2.45) is 0 Å². The summed E-state index contributed by atoms with van der Waals surface area (Å²) in [5.41, 5.74) is 0.0668. The number of amides is 2. The van der Waals surface area contributed by atoms with Gasteiger partial charge in [0.15, 0.2) is 0 Å². The molecule has 0 aromatic heterocycles. The molecule has 132 valence electrons.